The summed E-state index contributed by atoms with van der Waals surface area (Å²) >= 11 is 0. The zero-order chi connectivity index (χ0) is 12.8. The van der Waals surface area contributed by atoms with Crippen LogP contribution in [-0.2, 0) is 16.1 Å². The van der Waals surface area contributed by atoms with E-state index >= 15 is 0 Å². The van der Waals surface area contributed by atoms with E-state index in [9.17, 15) is 4.79 Å². The number of hydrogen-bond acceptors (Lipinski definition) is 3. The van der Waals surface area contributed by atoms with Gasteiger partial charge in [0.2, 0.25) is 0 Å². The van der Waals surface area contributed by atoms with Crippen molar-refractivity contribution in [1.29, 1.82) is 0 Å². The first-order valence-corrected chi connectivity index (χ1v) is 6.53. The van der Waals surface area contributed by atoms with Crippen molar-refractivity contribution in [2.75, 3.05) is 13.7 Å². The first-order valence-electron chi connectivity index (χ1n) is 6.53. The monoisotopic (exact) mass is 248 g/mol. The van der Waals surface area contributed by atoms with Crippen molar-refractivity contribution in [3.63, 3.8) is 0 Å². The summed E-state index contributed by atoms with van der Waals surface area (Å²) in [7, 11) is 1.68. The van der Waals surface area contributed by atoms with Crippen molar-refractivity contribution in [2.45, 2.75) is 32.3 Å². The van der Waals surface area contributed by atoms with Crippen molar-refractivity contribution in [2.24, 2.45) is 5.92 Å². The van der Waals surface area contributed by atoms with Gasteiger partial charge in [-0.15, -0.1) is 0 Å². The molecule has 0 bridgehead atoms. The van der Waals surface area contributed by atoms with Gasteiger partial charge in [-0.25, -0.2) is 0 Å². The Balaban J connectivity index is 1.79. The van der Waals surface area contributed by atoms with Gasteiger partial charge >= 0.3 is 0 Å². The summed E-state index contributed by atoms with van der Waals surface area (Å²) in [6.07, 6.45) is 3.68. The average Bonchev–Trinajstić information content (AvgIpc) is 2.76. The van der Waals surface area contributed by atoms with Gasteiger partial charge in [0.1, 0.15) is 11.5 Å². The molecule has 0 aliphatic heterocycles. The average molecular weight is 248 g/mol. The first-order chi connectivity index (χ1) is 8.79. The lowest BCUT2D eigenvalue weighted by Gasteiger charge is -2.10. The summed E-state index contributed by atoms with van der Waals surface area (Å²) in [5.41, 5.74) is 1.10. The molecular formula is C15H20O3. The molecule has 2 rings (SSSR count). The third-order valence-electron chi connectivity index (χ3n) is 3.38. The van der Waals surface area contributed by atoms with Crippen LogP contribution in [-0.4, -0.2) is 19.5 Å². The smallest absolute Gasteiger partial charge is 0.136 e. The van der Waals surface area contributed by atoms with Gasteiger partial charge in [0, 0.05) is 19.4 Å². The highest BCUT2D eigenvalue weighted by Gasteiger charge is 2.23. The van der Waals surface area contributed by atoms with E-state index in [0.717, 1.165) is 37.0 Å². The molecule has 1 aromatic carbocycles. The molecule has 1 saturated carbocycles. The molecule has 1 fully saturated rings. The highest BCUT2D eigenvalue weighted by Crippen LogP contribution is 2.24. The molecule has 0 N–H and O–H groups in total. The van der Waals surface area contributed by atoms with Crippen LogP contribution in [0.5, 0.6) is 5.75 Å². The lowest BCUT2D eigenvalue weighted by Crippen LogP contribution is -2.11. The fraction of sp³-hybridized carbons (Fsp3) is 0.533. The molecular weight excluding hydrogens is 228 g/mol. The zero-order valence-corrected chi connectivity index (χ0v) is 10.9. The second-order valence-corrected chi connectivity index (χ2v) is 4.77. The molecule has 98 valence electrons. The van der Waals surface area contributed by atoms with E-state index in [2.05, 4.69) is 0 Å². The quantitative estimate of drug-likeness (QED) is 0.776. The van der Waals surface area contributed by atoms with E-state index in [1.165, 1.54) is 0 Å². The fourth-order valence-corrected chi connectivity index (χ4v) is 2.40. The highest BCUT2D eigenvalue weighted by atomic mass is 16.5. The van der Waals surface area contributed by atoms with Crippen molar-refractivity contribution in [1.82, 2.24) is 0 Å². The van der Waals surface area contributed by atoms with E-state index in [4.69, 9.17) is 9.47 Å². The van der Waals surface area contributed by atoms with Crippen LogP contribution in [0.2, 0.25) is 0 Å². The van der Waals surface area contributed by atoms with Crippen LogP contribution in [0.25, 0.3) is 0 Å². The third kappa shape index (κ3) is 3.57. The maximum atomic E-state index is 11.5. The van der Waals surface area contributed by atoms with Gasteiger partial charge in [-0.05, 0) is 37.0 Å². The van der Waals surface area contributed by atoms with Gasteiger partial charge in [0.15, 0.2) is 0 Å². The van der Waals surface area contributed by atoms with Crippen LogP contribution >= 0.6 is 0 Å². The molecule has 0 amide bonds. The lowest BCUT2D eigenvalue weighted by atomic mass is 10.0. The van der Waals surface area contributed by atoms with Gasteiger partial charge in [-0.2, -0.15) is 0 Å². The molecule has 18 heavy (non-hydrogen) atoms. The van der Waals surface area contributed by atoms with Crippen LogP contribution in [0.15, 0.2) is 24.3 Å². The normalized spacial score (nSPS) is 19.2. The molecule has 0 saturated heterocycles. The Bertz CT molecular complexity index is 400. The Hall–Kier alpha value is -1.35. The summed E-state index contributed by atoms with van der Waals surface area (Å²) in [6, 6.07) is 7.90. The number of hydrogen-bond donors (Lipinski definition) is 0. The van der Waals surface area contributed by atoms with Crippen molar-refractivity contribution in [3.8, 4) is 5.75 Å². The van der Waals surface area contributed by atoms with Crippen LogP contribution in [0, 0.1) is 5.92 Å². The summed E-state index contributed by atoms with van der Waals surface area (Å²) < 4.78 is 10.8. The second-order valence-electron chi connectivity index (χ2n) is 4.77. The number of methoxy groups -OCH3 is 1. The third-order valence-corrected chi connectivity index (χ3v) is 3.38. The van der Waals surface area contributed by atoms with Crippen molar-refractivity contribution < 1.29 is 14.3 Å². The van der Waals surface area contributed by atoms with Gasteiger partial charge in [0.05, 0.1) is 13.2 Å². The van der Waals surface area contributed by atoms with Crippen LogP contribution in [0.4, 0.5) is 0 Å². The number of benzene rings is 1. The maximum Gasteiger partial charge on any atom is 0.136 e. The molecule has 3 heteroatoms. The molecule has 1 atom stereocenters. The summed E-state index contributed by atoms with van der Waals surface area (Å²) in [5.74, 6) is 1.49. The molecule has 0 spiro atoms. The zero-order valence-electron chi connectivity index (χ0n) is 10.9. The molecule has 1 aliphatic carbocycles. The Morgan fingerprint density at radius 2 is 2.28 bits per heavy atom. The highest BCUT2D eigenvalue weighted by molar-refractivity contribution is 5.82. The number of ether oxygens (including phenoxy) is 2. The van der Waals surface area contributed by atoms with Crippen molar-refractivity contribution >= 4 is 5.78 Å². The summed E-state index contributed by atoms with van der Waals surface area (Å²) in [5, 5.41) is 0. The largest absolute Gasteiger partial charge is 0.494 e. The minimum atomic E-state index is 0.229. The van der Waals surface area contributed by atoms with Gasteiger partial charge in [-0.1, -0.05) is 12.1 Å². The Morgan fingerprint density at radius 3 is 3.00 bits per heavy atom. The SMILES string of the molecule is COCc1cccc(OCCC2CCCC2=O)c1. The second kappa shape index (κ2) is 6.55. The van der Waals surface area contributed by atoms with Gasteiger partial charge in [-0.3, -0.25) is 4.79 Å². The number of rotatable bonds is 6. The first kappa shape index (κ1) is 13.1. The molecule has 1 aromatic rings. The Kier molecular flexibility index (Phi) is 4.76. The van der Waals surface area contributed by atoms with E-state index < -0.39 is 0 Å². The van der Waals surface area contributed by atoms with Crippen LogP contribution in [0.1, 0.15) is 31.2 Å². The standard InChI is InChI=1S/C15H20O3/c1-17-11-12-4-2-6-14(10-12)18-9-8-13-5-3-7-15(13)16/h2,4,6,10,13H,3,5,7-9,11H2,1H3. The van der Waals surface area contributed by atoms with Gasteiger partial charge in [0.25, 0.3) is 0 Å². The van der Waals surface area contributed by atoms with Crippen molar-refractivity contribution in [3.05, 3.63) is 29.8 Å². The lowest BCUT2D eigenvalue weighted by molar-refractivity contribution is -0.121. The fourth-order valence-electron chi connectivity index (χ4n) is 2.40. The van der Waals surface area contributed by atoms with Crippen LogP contribution in [0.3, 0.4) is 0 Å². The van der Waals surface area contributed by atoms with Crippen LogP contribution < -0.4 is 4.74 Å². The minimum Gasteiger partial charge on any atom is -0.494 e. The molecule has 3 nitrogen and oxygen atoms in total. The number of carbonyl (C=O) groups excluding carboxylic acids is 1. The number of Topliss-reactive ketones (excluding diaryl/α,β-unsaturated/α-hetero) is 1. The predicted octanol–water partition coefficient (Wildman–Crippen LogP) is 2.97. The summed E-state index contributed by atoms with van der Waals surface area (Å²) in [4.78, 5) is 11.5. The maximum absolute atomic E-state index is 11.5. The minimum absolute atomic E-state index is 0.229. The Labute approximate surface area is 108 Å². The number of carbonyl (C=O) groups is 1. The molecule has 1 aliphatic rings. The van der Waals surface area contributed by atoms with E-state index in [-0.39, 0.29) is 5.92 Å². The molecule has 0 aromatic heterocycles. The summed E-state index contributed by atoms with van der Waals surface area (Å²) in [6.45, 7) is 1.21. The predicted molar refractivity (Wildman–Crippen MR) is 69.6 cm³/mol. The molecule has 0 radical (unpaired) electrons. The molecule has 0 heterocycles. The van der Waals surface area contributed by atoms with E-state index in [1.807, 2.05) is 24.3 Å². The Morgan fingerprint density at radius 1 is 1.39 bits per heavy atom. The molecule has 1 unspecified atom stereocenters. The number of ketones is 1. The topological polar surface area (TPSA) is 35.5 Å². The van der Waals surface area contributed by atoms with Gasteiger partial charge < -0.3 is 9.47 Å². The van der Waals surface area contributed by atoms with E-state index in [1.54, 1.807) is 7.11 Å². The van der Waals surface area contributed by atoms with E-state index in [0.29, 0.717) is 19.0 Å².